The minimum absolute atomic E-state index is 0.0257. The van der Waals surface area contributed by atoms with Gasteiger partial charge in [-0.1, -0.05) is 6.92 Å². The van der Waals surface area contributed by atoms with Gasteiger partial charge in [0.15, 0.2) is 0 Å². The summed E-state index contributed by atoms with van der Waals surface area (Å²) in [6.07, 6.45) is 0.848. The third kappa shape index (κ3) is 2.48. The second-order valence-electron chi connectivity index (χ2n) is 3.72. The Morgan fingerprint density at radius 3 is 2.94 bits per heavy atom. The number of hydrogen-bond acceptors (Lipinski definition) is 6. The normalized spacial score (nSPS) is 12.6. The first-order valence-corrected chi connectivity index (χ1v) is 6.46. The molecule has 0 radical (unpaired) electrons. The summed E-state index contributed by atoms with van der Waals surface area (Å²) in [6.45, 7) is 2.12. The van der Waals surface area contributed by atoms with Crippen LogP contribution in [0.1, 0.15) is 13.3 Å². The number of nitrogens with zero attached hydrogens (tertiary/aromatic N) is 2. The van der Waals surface area contributed by atoms with Crippen LogP contribution in [0, 0.1) is 0 Å². The van der Waals surface area contributed by atoms with Crippen molar-refractivity contribution in [1.82, 2.24) is 9.97 Å². The van der Waals surface area contributed by atoms with Crippen molar-refractivity contribution < 1.29 is 5.11 Å². The van der Waals surface area contributed by atoms with E-state index >= 15 is 0 Å². The van der Waals surface area contributed by atoms with Crippen molar-refractivity contribution in [1.29, 1.82) is 0 Å². The lowest BCUT2D eigenvalue weighted by Gasteiger charge is -2.15. The van der Waals surface area contributed by atoms with Crippen molar-refractivity contribution in [3.05, 3.63) is 11.4 Å². The fraction of sp³-hybridized carbons (Fsp3) is 0.455. The van der Waals surface area contributed by atoms with Gasteiger partial charge in [0.1, 0.15) is 10.6 Å². The van der Waals surface area contributed by atoms with E-state index in [0.717, 1.165) is 22.5 Å². The van der Waals surface area contributed by atoms with Gasteiger partial charge in [-0.25, -0.2) is 4.98 Å². The average Bonchev–Trinajstić information content (AvgIpc) is 2.83. The molecule has 6 heteroatoms. The largest absolute Gasteiger partial charge is 0.394 e. The second-order valence-corrected chi connectivity index (χ2v) is 4.61. The van der Waals surface area contributed by atoms with Crippen LogP contribution in [0.15, 0.2) is 11.4 Å². The van der Waals surface area contributed by atoms with Crippen LogP contribution in [-0.4, -0.2) is 34.8 Å². The molecule has 0 aromatic carbocycles. The number of thiophene rings is 1. The zero-order valence-corrected chi connectivity index (χ0v) is 10.7. The van der Waals surface area contributed by atoms with E-state index in [0.29, 0.717) is 5.95 Å². The molecule has 1 atom stereocenters. The Morgan fingerprint density at radius 2 is 2.29 bits per heavy atom. The molecule has 17 heavy (non-hydrogen) atoms. The van der Waals surface area contributed by atoms with Gasteiger partial charge >= 0.3 is 0 Å². The maximum absolute atomic E-state index is 9.22. The van der Waals surface area contributed by atoms with Gasteiger partial charge in [0, 0.05) is 7.05 Å². The Morgan fingerprint density at radius 1 is 1.47 bits per heavy atom. The molecule has 2 rings (SSSR count). The van der Waals surface area contributed by atoms with Gasteiger partial charge in [0.2, 0.25) is 5.95 Å². The van der Waals surface area contributed by atoms with Crippen LogP contribution in [0.25, 0.3) is 10.2 Å². The van der Waals surface area contributed by atoms with Crippen molar-refractivity contribution in [2.45, 2.75) is 19.4 Å². The lowest BCUT2D eigenvalue weighted by atomic mass is 10.2. The van der Waals surface area contributed by atoms with Crippen molar-refractivity contribution in [2.75, 3.05) is 24.3 Å². The smallest absolute Gasteiger partial charge is 0.225 e. The summed E-state index contributed by atoms with van der Waals surface area (Å²) in [5, 5.41) is 18.4. The van der Waals surface area contributed by atoms with Gasteiger partial charge < -0.3 is 15.7 Å². The number of aliphatic hydroxyl groups excluding tert-OH is 1. The Labute approximate surface area is 104 Å². The topological polar surface area (TPSA) is 70.1 Å². The number of aromatic nitrogens is 2. The average molecular weight is 252 g/mol. The highest BCUT2D eigenvalue weighted by Crippen LogP contribution is 2.26. The number of anilines is 2. The number of nitrogens with one attached hydrogen (secondary N) is 2. The molecule has 0 aliphatic rings. The summed E-state index contributed by atoms with van der Waals surface area (Å²) in [5.74, 6) is 1.37. The molecule has 2 aromatic heterocycles. The first-order valence-electron chi connectivity index (χ1n) is 5.58. The zero-order chi connectivity index (χ0) is 12.3. The summed E-state index contributed by atoms with van der Waals surface area (Å²) >= 11 is 1.58. The molecule has 0 bridgehead atoms. The Balaban J connectivity index is 2.39. The Bertz CT molecular complexity index is 495. The van der Waals surface area contributed by atoms with Crippen LogP contribution < -0.4 is 10.6 Å². The summed E-state index contributed by atoms with van der Waals surface area (Å²) in [4.78, 5) is 9.70. The van der Waals surface area contributed by atoms with Crippen LogP contribution >= 0.6 is 11.3 Å². The molecule has 0 fully saturated rings. The lowest BCUT2D eigenvalue weighted by molar-refractivity contribution is 0.271. The van der Waals surface area contributed by atoms with Gasteiger partial charge in [-0.2, -0.15) is 4.98 Å². The third-order valence-corrected chi connectivity index (χ3v) is 3.41. The second kappa shape index (κ2) is 5.29. The van der Waals surface area contributed by atoms with Crippen LogP contribution in [0.5, 0.6) is 0 Å². The lowest BCUT2D eigenvalue weighted by Crippen LogP contribution is -2.23. The van der Waals surface area contributed by atoms with Crippen molar-refractivity contribution in [2.24, 2.45) is 0 Å². The van der Waals surface area contributed by atoms with E-state index in [1.165, 1.54) is 0 Å². The monoisotopic (exact) mass is 252 g/mol. The Hall–Kier alpha value is -1.40. The number of hydrogen-bond donors (Lipinski definition) is 3. The summed E-state index contributed by atoms with van der Waals surface area (Å²) in [6, 6.07) is 2.02. The van der Waals surface area contributed by atoms with Gasteiger partial charge in [-0.3, -0.25) is 0 Å². The van der Waals surface area contributed by atoms with E-state index in [9.17, 15) is 5.11 Å². The highest BCUT2D eigenvalue weighted by atomic mass is 32.1. The maximum Gasteiger partial charge on any atom is 0.225 e. The fourth-order valence-corrected chi connectivity index (χ4v) is 2.31. The highest BCUT2D eigenvalue weighted by molar-refractivity contribution is 7.16. The molecular weight excluding hydrogens is 236 g/mol. The number of aliphatic hydroxyl groups is 1. The van der Waals surface area contributed by atoms with Gasteiger partial charge in [0.05, 0.1) is 18.0 Å². The first-order chi connectivity index (χ1) is 8.28. The molecule has 3 N–H and O–H groups in total. The van der Waals surface area contributed by atoms with Crippen LogP contribution in [-0.2, 0) is 0 Å². The molecular formula is C11H16N4OS. The van der Waals surface area contributed by atoms with Crippen LogP contribution in [0.2, 0.25) is 0 Å². The zero-order valence-electron chi connectivity index (χ0n) is 9.90. The van der Waals surface area contributed by atoms with Crippen LogP contribution in [0.3, 0.4) is 0 Å². The first kappa shape index (κ1) is 12.1. The highest BCUT2D eigenvalue weighted by Gasteiger charge is 2.11. The van der Waals surface area contributed by atoms with Crippen molar-refractivity contribution in [3.63, 3.8) is 0 Å². The molecule has 1 unspecified atom stereocenters. The van der Waals surface area contributed by atoms with Crippen LogP contribution in [0.4, 0.5) is 11.8 Å². The quantitative estimate of drug-likeness (QED) is 0.758. The predicted molar refractivity (Wildman–Crippen MR) is 71.7 cm³/mol. The van der Waals surface area contributed by atoms with Gasteiger partial charge in [-0.05, 0) is 17.9 Å². The number of fused-ring (bicyclic) bond motifs is 1. The molecule has 5 nitrogen and oxygen atoms in total. The number of rotatable bonds is 5. The maximum atomic E-state index is 9.22. The van der Waals surface area contributed by atoms with E-state index in [1.807, 2.05) is 18.4 Å². The summed E-state index contributed by atoms with van der Waals surface area (Å²) < 4.78 is 0. The SMILES string of the molecule is CCC(CO)Nc1nc(NC)nc2sccc12. The van der Waals surface area contributed by atoms with Gasteiger partial charge in [-0.15, -0.1) is 11.3 Å². The molecule has 0 spiro atoms. The molecule has 0 aliphatic carbocycles. The molecule has 2 heterocycles. The fourth-order valence-electron chi connectivity index (χ4n) is 1.55. The van der Waals surface area contributed by atoms with Crippen molar-refractivity contribution >= 4 is 33.3 Å². The minimum atomic E-state index is 0.0257. The van der Waals surface area contributed by atoms with Crippen molar-refractivity contribution in [3.8, 4) is 0 Å². The molecule has 0 saturated heterocycles. The molecule has 0 amide bonds. The summed E-state index contributed by atoms with van der Waals surface area (Å²) in [7, 11) is 1.79. The van der Waals surface area contributed by atoms with E-state index in [2.05, 4.69) is 20.6 Å². The molecule has 92 valence electrons. The standard InChI is InChI=1S/C11H16N4OS/c1-3-7(6-16)13-9-8-4-5-17-10(8)15-11(12-2)14-9/h4-5,7,16H,3,6H2,1-2H3,(H2,12,13,14,15). The van der Waals surface area contributed by atoms with E-state index < -0.39 is 0 Å². The Kier molecular flexibility index (Phi) is 3.75. The summed E-state index contributed by atoms with van der Waals surface area (Å²) in [5.41, 5.74) is 0. The predicted octanol–water partition coefficient (Wildman–Crippen LogP) is 1.92. The van der Waals surface area contributed by atoms with Gasteiger partial charge in [0.25, 0.3) is 0 Å². The third-order valence-electron chi connectivity index (χ3n) is 2.60. The molecule has 0 saturated carbocycles. The minimum Gasteiger partial charge on any atom is -0.394 e. The van der Waals surface area contributed by atoms with E-state index in [4.69, 9.17) is 0 Å². The van der Waals surface area contributed by atoms with E-state index in [-0.39, 0.29) is 12.6 Å². The molecule has 2 aromatic rings. The van der Waals surface area contributed by atoms with E-state index in [1.54, 1.807) is 18.4 Å². The molecule has 0 aliphatic heterocycles.